The van der Waals surface area contributed by atoms with Crippen molar-refractivity contribution in [3.8, 4) is 0 Å². The van der Waals surface area contributed by atoms with E-state index in [0.717, 1.165) is 6.08 Å². The number of rotatable bonds is 2. The molecule has 0 spiro atoms. The third-order valence-electron chi connectivity index (χ3n) is 2.83. The summed E-state index contributed by atoms with van der Waals surface area (Å²) in [5.41, 5.74) is -0.296. The minimum Gasteiger partial charge on any atom is -0.423 e. The second-order valence-electron chi connectivity index (χ2n) is 4.97. The second-order valence-corrected chi connectivity index (χ2v) is 5.76. The average molecular weight is 345 g/mol. The number of ether oxygens (including phenoxy) is 2. The smallest absolute Gasteiger partial charge is 0.423 e. The zero-order valence-corrected chi connectivity index (χ0v) is 13.1. The highest BCUT2D eigenvalue weighted by Gasteiger charge is 2.39. The zero-order valence-electron chi connectivity index (χ0n) is 11.6. The maximum Gasteiger partial charge on any atom is 0.491 e. The topological polar surface area (TPSA) is 93.1 Å². The normalized spacial score (nSPS) is 16.9. The van der Waals surface area contributed by atoms with Crippen molar-refractivity contribution in [2.75, 3.05) is 0 Å². The molecule has 1 aromatic rings. The van der Waals surface area contributed by atoms with E-state index in [0.29, 0.717) is 0 Å². The molecule has 0 amide bonds. The van der Waals surface area contributed by atoms with Gasteiger partial charge in [-0.25, -0.2) is 9.59 Å². The lowest BCUT2D eigenvalue weighted by atomic mass is 9.79. The molecule has 1 heterocycles. The van der Waals surface area contributed by atoms with Crippen LogP contribution in [-0.4, -0.2) is 34.9 Å². The molecule has 0 saturated carbocycles. The van der Waals surface area contributed by atoms with Gasteiger partial charge in [0.15, 0.2) is 0 Å². The summed E-state index contributed by atoms with van der Waals surface area (Å²) in [6.07, 6.45) is 1.14. The molecule has 0 radical (unpaired) electrons. The second kappa shape index (κ2) is 5.93. The Kier molecular flexibility index (Phi) is 4.53. The highest BCUT2D eigenvalue weighted by molar-refractivity contribution is 6.66. The van der Waals surface area contributed by atoms with Crippen LogP contribution in [0.5, 0.6) is 0 Å². The Labute approximate surface area is 136 Å². The first-order valence-corrected chi connectivity index (χ1v) is 6.90. The van der Waals surface area contributed by atoms with Gasteiger partial charge in [0.25, 0.3) is 5.79 Å². The fourth-order valence-electron chi connectivity index (χ4n) is 1.87. The molecular weight excluding hydrogens is 334 g/mol. The van der Waals surface area contributed by atoms with Crippen molar-refractivity contribution in [1.29, 1.82) is 0 Å². The van der Waals surface area contributed by atoms with Gasteiger partial charge in [0.2, 0.25) is 0 Å². The van der Waals surface area contributed by atoms with E-state index in [4.69, 9.17) is 32.7 Å². The van der Waals surface area contributed by atoms with Crippen LogP contribution >= 0.6 is 23.2 Å². The number of hydrogen-bond acceptors (Lipinski definition) is 6. The number of hydrogen-bond donors (Lipinski definition) is 2. The van der Waals surface area contributed by atoms with Crippen LogP contribution in [0.4, 0.5) is 0 Å². The lowest BCUT2D eigenvalue weighted by Gasteiger charge is -2.29. The summed E-state index contributed by atoms with van der Waals surface area (Å²) in [6, 6.07) is 2.78. The van der Waals surface area contributed by atoms with Crippen molar-refractivity contribution in [3.63, 3.8) is 0 Å². The van der Waals surface area contributed by atoms with E-state index in [9.17, 15) is 19.6 Å². The van der Waals surface area contributed by atoms with Gasteiger partial charge in [0.05, 0.1) is 0 Å². The summed E-state index contributed by atoms with van der Waals surface area (Å²) in [5.74, 6) is -3.07. The predicted molar refractivity (Wildman–Crippen MR) is 80.5 cm³/mol. The number of benzene rings is 1. The van der Waals surface area contributed by atoms with Crippen molar-refractivity contribution < 1.29 is 29.1 Å². The first kappa shape index (κ1) is 16.8. The number of cyclic esters (lactones) is 2. The van der Waals surface area contributed by atoms with Gasteiger partial charge in [-0.05, 0) is 17.7 Å². The lowest BCUT2D eigenvalue weighted by molar-refractivity contribution is -0.222. The fourth-order valence-corrected chi connectivity index (χ4v) is 2.49. The van der Waals surface area contributed by atoms with E-state index in [-0.39, 0.29) is 26.6 Å². The number of esters is 2. The predicted octanol–water partition coefficient (Wildman–Crippen LogP) is 0.893. The Morgan fingerprint density at radius 3 is 2.18 bits per heavy atom. The van der Waals surface area contributed by atoms with E-state index in [1.54, 1.807) is 0 Å². The van der Waals surface area contributed by atoms with Gasteiger partial charge >= 0.3 is 19.1 Å². The zero-order chi connectivity index (χ0) is 16.7. The highest BCUT2D eigenvalue weighted by Crippen LogP contribution is 2.27. The molecule has 116 valence electrons. The molecular formula is C13H11BCl2O6. The van der Waals surface area contributed by atoms with Crippen LogP contribution in [0.2, 0.25) is 10.0 Å². The molecule has 1 saturated heterocycles. The van der Waals surface area contributed by atoms with Crippen molar-refractivity contribution >= 4 is 53.8 Å². The molecule has 1 fully saturated rings. The van der Waals surface area contributed by atoms with Gasteiger partial charge < -0.3 is 19.5 Å². The maximum absolute atomic E-state index is 11.9. The van der Waals surface area contributed by atoms with Crippen LogP contribution in [-0.2, 0) is 19.1 Å². The molecule has 1 aromatic carbocycles. The van der Waals surface area contributed by atoms with Crippen LogP contribution in [0, 0.1) is 0 Å². The summed E-state index contributed by atoms with van der Waals surface area (Å²) in [4.78, 5) is 23.7. The Morgan fingerprint density at radius 1 is 1.14 bits per heavy atom. The number of carbonyl (C=O) groups is 2. The minimum absolute atomic E-state index is 0.0390. The van der Waals surface area contributed by atoms with Gasteiger partial charge in [0.1, 0.15) is 5.57 Å². The van der Waals surface area contributed by atoms with E-state index in [1.165, 1.54) is 26.0 Å². The third-order valence-corrected chi connectivity index (χ3v) is 3.58. The minimum atomic E-state index is -1.90. The summed E-state index contributed by atoms with van der Waals surface area (Å²) in [6.45, 7) is 2.85. The SMILES string of the molecule is CC1(C)OC(=O)C(=Cc2ccc(Cl)c(B(O)O)c2Cl)C(=O)O1. The Balaban J connectivity index is 2.48. The van der Waals surface area contributed by atoms with E-state index in [2.05, 4.69) is 0 Å². The molecule has 2 rings (SSSR count). The van der Waals surface area contributed by atoms with Crippen molar-refractivity contribution in [1.82, 2.24) is 0 Å². The monoisotopic (exact) mass is 344 g/mol. The number of halogens is 2. The van der Waals surface area contributed by atoms with E-state index < -0.39 is 24.8 Å². The van der Waals surface area contributed by atoms with Crippen molar-refractivity contribution in [2.24, 2.45) is 0 Å². The third kappa shape index (κ3) is 3.28. The largest absolute Gasteiger partial charge is 0.491 e. The fraction of sp³-hybridized carbons (Fsp3) is 0.231. The molecule has 1 aliphatic rings. The molecule has 0 atom stereocenters. The molecule has 0 aromatic heterocycles. The molecule has 1 aliphatic heterocycles. The Bertz CT molecular complexity index is 661. The first-order valence-electron chi connectivity index (χ1n) is 6.15. The van der Waals surface area contributed by atoms with Crippen LogP contribution in [0.3, 0.4) is 0 Å². The van der Waals surface area contributed by atoms with Gasteiger partial charge in [0, 0.05) is 29.4 Å². The van der Waals surface area contributed by atoms with Gasteiger partial charge in [-0.2, -0.15) is 0 Å². The van der Waals surface area contributed by atoms with Crippen LogP contribution in [0.25, 0.3) is 6.08 Å². The summed E-state index contributed by atoms with van der Waals surface area (Å²) < 4.78 is 9.90. The first-order chi connectivity index (χ1) is 10.1. The molecule has 22 heavy (non-hydrogen) atoms. The van der Waals surface area contributed by atoms with Crippen molar-refractivity contribution in [2.45, 2.75) is 19.6 Å². The molecule has 6 nitrogen and oxygen atoms in total. The van der Waals surface area contributed by atoms with E-state index in [1.807, 2.05) is 0 Å². The van der Waals surface area contributed by atoms with Crippen LogP contribution < -0.4 is 5.46 Å². The quantitative estimate of drug-likeness (QED) is 0.358. The Morgan fingerprint density at radius 2 is 1.68 bits per heavy atom. The standard InChI is InChI=1S/C13H11BCl2O6/c1-13(2)21-11(17)7(12(18)22-13)5-6-3-4-8(15)9(10(6)16)14(19)20/h3-5,19-20H,1-2H3. The van der Waals surface area contributed by atoms with Gasteiger partial charge in [-0.15, -0.1) is 0 Å². The van der Waals surface area contributed by atoms with Crippen LogP contribution in [0.15, 0.2) is 17.7 Å². The molecule has 9 heteroatoms. The van der Waals surface area contributed by atoms with Crippen LogP contribution in [0.1, 0.15) is 19.4 Å². The Hall–Kier alpha value is -1.54. The molecule has 0 bridgehead atoms. The molecule has 0 unspecified atom stereocenters. The highest BCUT2D eigenvalue weighted by atomic mass is 35.5. The molecule has 0 aliphatic carbocycles. The molecule has 2 N–H and O–H groups in total. The summed E-state index contributed by atoms with van der Waals surface area (Å²) in [5, 5.41) is 18.5. The van der Waals surface area contributed by atoms with E-state index >= 15 is 0 Å². The average Bonchev–Trinajstić information content (AvgIpc) is 2.34. The maximum atomic E-state index is 11.9. The number of carbonyl (C=O) groups excluding carboxylic acids is 2. The van der Waals surface area contributed by atoms with Gasteiger partial charge in [-0.3, -0.25) is 0 Å². The summed E-state index contributed by atoms with van der Waals surface area (Å²) in [7, 11) is -1.90. The van der Waals surface area contributed by atoms with Gasteiger partial charge in [-0.1, -0.05) is 29.3 Å². The lowest BCUT2D eigenvalue weighted by Crippen LogP contribution is -2.41. The van der Waals surface area contributed by atoms with Crippen molar-refractivity contribution in [3.05, 3.63) is 33.3 Å². The summed E-state index contributed by atoms with van der Waals surface area (Å²) >= 11 is 11.9.